The summed E-state index contributed by atoms with van der Waals surface area (Å²) >= 11 is 0. The Morgan fingerprint density at radius 2 is 1.67 bits per heavy atom. The zero-order valence-electron chi connectivity index (χ0n) is 9.54. The molecule has 2 heterocycles. The average molecular weight is 202 g/mol. The third kappa shape index (κ3) is 2.14. The van der Waals surface area contributed by atoms with Gasteiger partial charge in [0.25, 0.3) is 0 Å². The lowest BCUT2D eigenvalue weighted by Gasteiger charge is -2.28. The van der Waals surface area contributed by atoms with Crippen LogP contribution in [0.15, 0.2) is 47.3 Å². The fourth-order valence-corrected chi connectivity index (χ4v) is 1.80. The number of hydrogen-bond donors (Lipinski definition) is 2. The molecule has 2 aliphatic rings. The summed E-state index contributed by atoms with van der Waals surface area (Å²) in [6.45, 7) is 6.38. The van der Waals surface area contributed by atoms with Crippen molar-refractivity contribution in [1.29, 1.82) is 0 Å². The first kappa shape index (κ1) is 10.1. The third-order valence-corrected chi connectivity index (χ3v) is 3.00. The minimum Gasteiger partial charge on any atom is -0.382 e. The van der Waals surface area contributed by atoms with Crippen LogP contribution >= 0.6 is 0 Å². The molecule has 0 fully saturated rings. The van der Waals surface area contributed by atoms with E-state index in [0.29, 0.717) is 12.1 Å². The van der Waals surface area contributed by atoms with Crippen LogP contribution < -0.4 is 10.6 Å². The maximum absolute atomic E-state index is 3.40. The second kappa shape index (κ2) is 3.97. The first-order valence-electron chi connectivity index (χ1n) is 5.39. The molecule has 0 saturated carbocycles. The van der Waals surface area contributed by atoms with Crippen LogP contribution in [0.4, 0.5) is 0 Å². The van der Waals surface area contributed by atoms with Crippen LogP contribution in [0.1, 0.15) is 20.8 Å². The molecule has 2 nitrogen and oxygen atoms in total. The first-order chi connectivity index (χ1) is 7.16. The number of dihydropyridines is 2. The van der Waals surface area contributed by atoms with Crippen LogP contribution in [0.5, 0.6) is 0 Å². The van der Waals surface area contributed by atoms with Crippen molar-refractivity contribution >= 4 is 0 Å². The van der Waals surface area contributed by atoms with Crippen molar-refractivity contribution in [2.75, 3.05) is 0 Å². The highest BCUT2D eigenvalue weighted by molar-refractivity contribution is 5.34. The highest BCUT2D eigenvalue weighted by atomic mass is 15.0. The Morgan fingerprint density at radius 3 is 2.27 bits per heavy atom. The largest absolute Gasteiger partial charge is 0.382 e. The molecule has 0 spiro atoms. The van der Waals surface area contributed by atoms with Gasteiger partial charge in [-0.3, -0.25) is 0 Å². The van der Waals surface area contributed by atoms with E-state index >= 15 is 0 Å². The molecule has 2 aliphatic heterocycles. The fourth-order valence-electron chi connectivity index (χ4n) is 1.80. The van der Waals surface area contributed by atoms with Gasteiger partial charge in [-0.1, -0.05) is 18.2 Å². The Bertz CT molecular complexity index is 372. The van der Waals surface area contributed by atoms with Gasteiger partial charge in [0.2, 0.25) is 0 Å². The second-order valence-corrected chi connectivity index (χ2v) is 4.31. The first-order valence-corrected chi connectivity index (χ1v) is 5.39. The van der Waals surface area contributed by atoms with Gasteiger partial charge >= 0.3 is 0 Å². The van der Waals surface area contributed by atoms with Gasteiger partial charge in [-0.15, -0.1) is 0 Å². The van der Waals surface area contributed by atoms with E-state index in [1.54, 1.807) is 0 Å². The molecule has 0 amide bonds. The molecule has 2 rings (SSSR count). The van der Waals surface area contributed by atoms with Crippen molar-refractivity contribution in [2.45, 2.75) is 32.9 Å². The zero-order valence-corrected chi connectivity index (χ0v) is 9.54. The molecule has 0 bridgehead atoms. The van der Waals surface area contributed by atoms with Gasteiger partial charge in [0.15, 0.2) is 0 Å². The van der Waals surface area contributed by atoms with E-state index in [1.807, 2.05) is 0 Å². The van der Waals surface area contributed by atoms with Crippen molar-refractivity contribution in [3.8, 4) is 0 Å². The Hall–Kier alpha value is -1.44. The molecule has 2 N–H and O–H groups in total. The molecule has 2 unspecified atom stereocenters. The van der Waals surface area contributed by atoms with Crippen molar-refractivity contribution in [1.82, 2.24) is 10.6 Å². The van der Waals surface area contributed by atoms with Gasteiger partial charge in [-0.25, -0.2) is 0 Å². The Kier molecular flexibility index (Phi) is 2.67. The van der Waals surface area contributed by atoms with Gasteiger partial charge in [0.05, 0.1) is 12.1 Å². The van der Waals surface area contributed by atoms with Crippen molar-refractivity contribution in [2.24, 2.45) is 0 Å². The molecule has 0 aliphatic carbocycles. The normalized spacial score (nSPS) is 29.7. The lowest BCUT2D eigenvalue weighted by molar-refractivity contribution is 0.551. The summed E-state index contributed by atoms with van der Waals surface area (Å²) in [7, 11) is 0. The summed E-state index contributed by atoms with van der Waals surface area (Å²) < 4.78 is 0. The van der Waals surface area contributed by atoms with E-state index in [4.69, 9.17) is 0 Å². The Balaban J connectivity index is 2.07. The van der Waals surface area contributed by atoms with Crippen LogP contribution in [0.25, 0.3) is 0 Å². The number of hydrogen-bond acceptors (Lipinski definition) is 2. The summed E-state index contributed by atoms with van der Waals surface area (Å²) in [5, 5.41) is 6.79. The van der Waals surface area contributed by atoms with Crippen LogP contribution in [0, 0.1) is 0 Å². The molecule has 0 saturated heterocycles. The number of allylic oxidation sites excluding steroid dienone is 4. The monoisotopic (exact) mass is 202 g/mol. The lowest BCUT2D eigenvalue weighted by atomic mass is 9.97. The highest BCUT2D eigenvalue weighted by Crippen LogP contribution is 2.16. The topological polar surface area (TPSA) is 24.1 Å². The molecule has 0 radical (unpaired) electrons. The molecule has 0 aromatic heterocycles. The van der Waals surface area contributed by atoms with Crippen molar-refractivity contribution < 1.29 is 0 Å². The van der Waals surface area contributed by atoms with Crippen LogP contribution in [-0.4, -0.2) is 12.1 Å². The van der Waals surface area contributed by atoms with Gasteiger partial charge in [-0.2, -0.15) is 0 Å². The summed E-state index contributed by atoms with van der Waals surface area (Å²) in [4.78, 5) is 0. The number of nitrogens with one attached hydrogen (secondary N) is 2. The summed E-state index contributed by atoms with van der Waals surface area (Å²) in [6, 6.07) is 0.710. The predicted octanol–water partition coefficient (Wildman–Crippen LogP) is 2.24. The van der Waals surface area contributed by atoms with Crippen LogP contribution in [-0.2, 0) is 0 Å². The SMILES string of the molecule is CC1=CNC(C2C=C(C)C(C)=CN2)C=C1. The lowest BCUT2D eigenvalue weighted by Crippen LogP contribution is -2.44. The quantitative estimate of drug-likeness (QED) is 0.681. The van der Waals surface area contributed by atoms with E-state index in [-0.39, 0.29) is 0 Å². The molecular weight excluding hydrogens is 184 g/mol. The fraction of sp³-hybridized carbons (Fsp3) is 0.385. The molecule has 0 aromatic rings. The second-order valence-electron chi connectivity index (χ2n) is 4.31. The van der Waals surface area contributed by atoms with E-state index in [2.05, 4.69) is 62.0 Å². The minimum atomic E-state index is 0.355. The van der Waals surface area contributed by atoms with E-state index in [1.165, 1.54) is 16.7 Å². The van der Waals surface area contributed by atoms with Gasteiger partial charge in [-0.05, 0) is 43.7 Å². The highest BCUT2D eigenvalue weighted by Gasteiger charge is 2.19. The third-order valence-electron chi connectivity index (χ3n) is 3.00. The van der Waals surface area contributed by atoms with E-state index in [9.17, 15) is 0 Å². The maximum atomic E-state index is 3.40. The molecule has 15 heavy (non-hydrogen) atoms. The van der Waals surface area contributed by atoms with Gasteiger partial charge < -0.3 is 10.6 Å². The summed E-state index contributed by atoms with van der Waals surface area (Å²) in [6.07, 6.45) is 10.8. The van der Waals surface area contributed by atoms with Crippen LogP contribution in [0.2, 0.25) is 0 Å². The molecule has 80 valence electrons. The smallest absolute Gasteiger partial charge is 0.0682 e. The molecule has 2 atom stereocenters. The Morgan fingerprint density at radius 1 is 0.933 bits per heavy atom. The molecule has 0 aromatic carbocycles. The Labute approximate surface area is 91.4 Å². The van der Waals surface area contributed by atoms with Crippen molar-refractivity contribution in [3.63, 3.8) is 0 Å². The zero-order chi connectivity index (χ0) is 10.8. The standard InChI is InChI=1S/C13H18N2/c1-9-4-5-12(14-7-9)13-6-10(2)11(3)8-15-13/h4-8,12-15H,1-3H3. The minimum absolute atomic E-state index is 0.355. The van der Waals surface area contributed by atoms with Gasteiger partial charge in [0.1, 0.15) is 0 Å². The molecular formula is C13H18N2. The van der Waals surface area contributed by atoms with Gasteiger partial charge in [0, 0.05) is 6.20 Å². The van der Waals surface area contributed by atoms with Crippen molar-refractivity contribution in [3.05, 3.63) is 47.3 Å². The average Bonchev–Trinajstić information content (AvgIpc) is 2.23. The summed E-state index contributed by atoms with van der Waals surface area (Å²) in [5.41, 5.74) is 3.95. The molecule has 2 heteroatoms. The maximum Gasteiger partial charge on any atom is 0.0682 e. The summed E-state index contributed by atoms with van der Waals surface area (Å²) in [5.74, 6) is 0. The van der Waals surface area contributed by atoms with Crippen LogP contribution in [0.3, 0.4) is 0 Å². The van der Waals surface area contributed by atoms with E-state index in [0.717, 1.165) is 0 Å². The number of rotatable bonds is 1. The van der Waals surface area contributed by atoms with E-state index < -0.39 is 0 Å². The predicted molar refractivity (Wildman–Crippen MR) is 64.3 cm³/mol.